The molecule has 5 nitrogen and oxygen atoms in total. The van der Waals surface area contributed by atoms with Gasteiger partial charge in [-0.1, -0.05) is 51.9 Å². The second kappa shape index (κ2) is 15.6. The van der Waals surface area contributed by atoms with E-state index in [4.69, 9.17) is 4.74 Å². The molecule has 0 aliphatic rings. The van der Waals surface area contributed by atoms with Gasteiger partial charge in [0.15, 0.2) is 0 Å². The number of rotatable bonds is 10. The Bertz CT molecular complexity index is 461. The van der Waals surface area contributed by atoms with Crippen LogP contribution in [0.15, 0.2) is 24.5 Å². The summed E-state index contributed by atoms with van der Waals surface area (Å²) in [6.07, 6.45) is 13.2. The van der Waals surface area contributed by atoms with Crippen molar-refractivity contribution in [1.29, 1.82) is 0 Å². The van der Waals surface area contributed by atoms with E-state index in [2.05, 4.69) is 11.9 Å². The molecule has 0 saturated heterocycles. The number of hydrogen-bond acceptors (Lipinski definition) is 4. The Labute approximate surface area is 152 Å². The number of esters is 1. The molecule has 1 amide bonds. The van der Waals surface area contributed by atoms with Crippen molar-refractivity contribution >= 4 is 11.9 Å². The van der Waals surface area contributed by atoms with Gasteiger partial charge in [-0.2, -0.15) is 0 Å². The second-order valence-corrected chi connectivity index (χ2v) is 6.27. The molecule has 0 aliphatic heterocycles. The molecule has 0 unspecified atom stereocenters. The topological polar surface area (TPSA) is 59.5 Å². The van der Waals surface area contributed by atoms with Crippen molar-refractivity contribution in [3.8, 4) is 0 Å². The van der Waals surface area contributed by atoms with E-state index in [0.717, 1.165) is 12.8 Å². The fraction of sp³-hybridized carbons (Fsp3) is 0.650. The van der Waals surface area contributed by atoms with E-state index in [1.807, 2.05) is 0 Å². The van der Waals surface area contributed by atoms with Crippen molar-refractivity contribution in [1.82, 2.24) is 9.88 Å². The zero-order valence-electron chi connectivity index (χ0n) is 16.3. The standard InChI is InChI=1S/C16H25NO2.C4H9NO/c1-2-3-4-5-6-7-8-9-13-19-16(18)15-11-10-12-17-14-15;1-4(6)5(2)3/h10-12,14H,2-9,13H2,1H3;1-3H3. The summed E-state index contributed by atoms with van der Waals surface area (Å²) < 4.78 is 5.19. The molecule has 0 N–H and O–H groups in total. The van der Waals surface area contributed by atoms with Crippen molar-refractivity contribution in [3.05, 3.63) is 30.1 Å². The molecule has 0 atom stereocenters. The van der Waals surface area contributed by atoms with Crippen LogP contribution in [0.5, 0.6) is 0 Å². The van der Waals surface area contributed by atoms with Gasteiger partial charge in [0.25, 0.3) is 0 Å². The minimum absolute atomic E-state index is 0.0926. The monoisotopic (exact) mass is 350 g/mol. The quantitative estimate of drug-likeness (QED) is 0.461. The van der Waals surface area contributed by atoms with Crippen LogP contribution in [-0.4, -0.2) is 42.5 Å². The molecule has 0 aliphatic carbocycles. The number of ether oxygens (including phenoxy) is 1. The van der Waals surface area contributed by atoms with Crippen molar-refractivity contribution in [3.63, 3.8) is 0 Å². The average Bonchev–Trinajstić information content (AvgIpc) is 2.61. The van der Waals surface area contributed by atoms with Crippen LogP contribution in [0.3, 0.4) is 0 Å². The van der Waals surface area contributed by atoms with Gasteiger partial charge in [-0.3, -0.25) is 9.78 Å². The van der Waals surface area contributed by atoms with Gasteiger partial charge in [-0.05, 0) is 18.6 Å². The van der Waals surface area contributed by atoms with E-state index in [9.17, 15) is 9.59 Å². The molecule has 1 rings (SSSR count). The van der Waals surface area contributed by atoms with Crippen LogP contribution in [0.1, 0.15) is 75.6 Å². The molecular weight excluding hydrogens is 316 g/mol. The molecule has 0 bridgehead atoms. The highest BCUT2D eigenvalue weighted by molar-refractivity contribution is 5.88. The van der Waals surface area contributed by atoms with Crippen molar-refractivity contribution < 1.29 is 14.3 Å². The number of nitrogens with zero attached hydrogens (tertiary/aromatic N) is 2. The first-order chi connectivity index (χ1) is 12.0. The minimum atomic E-state index is -0.268. The van der Waals surface area contributed by atoms with Crippen molar-refractivity contribution in [2.24, 2.45) is 0 Å². The van der Waals surface area contributed by atoms with Gasteiger partial charge < -0.3 is 9.64 Å². The zero-order chi connectivity index (χ0) is 18.9. The maximum atomic E-state index is 11.6. The zero-order valence-corrected chi connectivity index (χ0v) is 16.3. The van der Waals surface area contributed by atoms with E-state index in [0.29, 0.717) is 12.2 Å². The summed E-state index contributed by atoms with van der Waals surface area (Å²) >= 11 is 0. The highest BCUT2D eigenvalue weighted by Crippen LogP contribution is 2.08. The van der Waals surface area contributed by atoms with Crippen LogP contribution < -0.4 is 0 Å². The molecule has 0 fully saturated rings. The summed E-state index contributed by atoms with van der Waals surface area (Å²) in [7, 11) is 3.45. The number of aromatic nitrogens is 1. The third kappa shape index (κ3) is 14.2. The SMILES string of the molecule is CC(=O)N(C)C.CCCCCCCCCCOC(=O)c1cccnc1. The van der Waals surface area contributed by atoms with Crippen LogP contribution in [0.2, 0.25) is 0 Å². The van der Waals surface area contributed by atoms with Gasteiger partial charge in [0.1, 0.15) is 0 Å². The Balaban J connectivity index is 0.000000823. The van der Waals surface area contributed by atoms with Crippen LogP contribution in [0.4, 0.5) is 0 Å². The highest BCUT2D eigenvalue weighted by atomic mass is 16.5. The number of hydrogen-bond donors (Lipinski definition) is 0. The van der Waals surface area contributed by atoms with Gasteiger partial charge >= 0.3 is 5.97 Å². The number of pyridine rings is 1. The Morgan fingerprint density at radius 2 is 1.60 bits per heavy atom. The van der Waals surface area contributed by atoms with Crippen LogP contribution in [0, 0.1) is 0 Å². The summed E-state index contributed by atoms with van der Waals surface area (Å²) in [6, 6.07) is 3.47. The highest BCUT2D eigenvalue weighted by Gasteiger charge is 2.05. The lowest BCUT2D eigenvalue weighted by Crippen LogP contribution is -2.17. The van der Waals surface area contributed by atoms with Crippen LogP contribution >= 0.6 is 0 Å². The van der Waals surface area contributed by atoms with E-state index in [1.54, 1.807) is 32.4 Å². The lowest BCUT2D eigenvalue weighted by atomic mass is 10.1. The van der Waals surface area contributed by atoms with Gasteiger partial charge in [0.2, 0.25) is 5.91 Å². The first-order valence-electron chi connectivity index (χ1n) is 9.24. The predicted octanol–water partition coefficient (Wildman–Crippen LogP) is 4.47. The molecule has 142 valence electrons. The maximum Gasteiger partial charge on any atom is 0.339 e. The molecular formula is C20H34N2O3. The van der Waals surface area contributed by atoms with Crippen molar-refractivity contribution in [2.75, 3.05) is 20.7 Å². The molecule has 0 saturated carbocycles. The number of carbonyl (C=O) groups excluding carboxylic acids is 2. The van der Waals surface area contributed by atoms with E-state index in [1.165, 1.54) is 56.5 Å². The molecule has 0 spiro atoms. The summed E-state index contributed by atoms with van der Waals surface area (Å²) in [6.45, 7) is 4.28. The van der Waals surface area contributed by atoms with E-state index in [-0.39, 0.29) is 11.9 Å². The third-order valence-electron chi connectivity index (χ3n) is 3.76. The Kier molecular flexibility index (Phi) is 14.4. The van der Waals surface area contributed by atoms with Gasteiger partial charge in [0, 0.05) is 33.4 Å². The van der Waals surface area contributed by atoms with E-state index >= 15 is 0 Å². The summed E-state index contributed by atoms with van der Waals surface area (Å²) in [5.41, 5.74) is 0.530. The number of carbonyl (C=O) groups is 2. The predicted molar refractivity (Wildman–Crippen MR) is 101 cm³/mol. The van der Waals surface area contributed by atoms with Gasteiger partial charge in [-0.15, -0.1) is 0 Å². The molecule has 1 aromatic heterocycles. The molecule has 0 aromatic carbocycles. The maximum absolute atomic E-state index is 11.6. The molecule has 5 heteroatoms. The lowest BCUT2D eigenvalue weighted by Gasteiger charge is -2.04. The normalized spacial score (nSPS) is 9.76. The first kappa shape index (κ1) is 23.1. The third-order valence-corrected chi connectivity index (χ3v) is 3.76. The Morgan fingerprint density at radius 3 is 2.08 bits per heavy atom. The van der Waals surface area contributed by atoms with Gasteiger partial charge in [0.05, 0.1) is 12.2 Å². The van der Waals surface area contributed by atoms with Crippen molar-refractivity contribution in [2.45, 2.75) is 65.2 Å². The Hall–Kier alpha value is -1.91. The minimum Gasteiger partial charge on any atom is -0.462 e. The molecule has 25 heavy (non-hydrogen) atoms. The lowest BCUT2D eigenvalue weighted by molar-refractivity contribution is -0.126. The smallest absolute Gasteiger partial charge is 0.339 e. The Morgan fingerprint density at radius 1 is 1.04 bits per heavy atom. The van der Waals surface area contributed by atoms with Gasteiger partial charge in [-0.25, -0.2) is 4.79 Å². The summed E-state index contributed by atoms with van der Waals surface area (Å²) in [4.78, 5) is 27.1. The number of amides is 1. The van der Waals surface area contributed by atoms with Crippen LogP contribution in [0.25, 0.3) is 0 Å². The molecule has 1 aromatic rings. The summed E-state index contributed by atoms with van der Waals surface area (Å²) in [5, 5.41) is 0. The molecule has 0 radical (unpaired) electrons. The fourth-order valence-corrected chi connectivity index (χ4v) is 1.97. The first-order valence-corrected chi connectivity index (χ1v) is 9.24. The average molecular weight is 351 g/mol. The van der Waals surface area contributed by atoms with Crippen LogP contribution in [-0.2, 0) is 9.53 Å². The summed E-state index contributed by atoms with van der Waals surface area (Å²) in [5.74, 6) is -0.175. The van der Waals surface area contributed by atoms with E-state index < -0.39 is 0 Å². The fourth-order valence-electron chi connectivity index (χ4n) is 1.97. The number of unbranched alkanes of at least 4 members (excludes halogenated alkanes) is 7. The largest absolute Gasteiger partial charge is 0.462 e. The molecule has 1 heterocycles. The second-order valence-electron chi connectivity index (χ2n) is 6.27.